The summed E-state index contributed by atoms with van der Waals surface area (Å²) in [5.41, 5.74) is -0.247. The number of anilines is 2. The molecule has 0 unspecified atom stereocenters. The average molecular weight is 432 g/mol. The van der Waals surface area contributed by atoms with Crippen LogP contribution in [-0.2, 0) is 6.18 Å². The first-order valence-electron chi connectivity index (χ1n) is 9.28. The number of carbonyl (C=O) groups excluding carboxylic acids is 2. The molecule has 31 heavy (non-hydrogen) atoms. The van der Waals surface area contributed by atoms with Gasteiger partial charge in [0.05, 0.1) is 23.5 Å². The molecule has 1 aromatic heterocycles. The summed E-state index contributed by atoms with van der Waals surface area (Å²) in [6, 6.07) is 9.04. The van der Waals surface area contributed by atoms with Crippen molar-refractivity contribution >= 4 is 23.2 Å². The number of rotatable bonds is 3. The minimum absolute atomic E-state index is 0.0656. The topological polar surface area (TPSA) is 67.2 Å². The molecule has 1 N–H and O–H groups in total. The van der Waals surface area contributed by atoms with Crippen LogP contribution in [0.3, 0.4) is 0 Å². The monoisotopic (exact) mass is 432 g/mol. The van der Waals surface area contributed by atoms with Gasteiger partial charge in [-0.25, -0.2) is 4.39 Å². The van der Waals surface area contributed by atoms with E-state index < -0.39 is 29.4 Å². The molecule has 0 radical (unpaired) electrons. The maximum atomic E-state index is 13.4. The van der Waals surface area contributed by atoms with Crippen molar-refractivity contribution in [3.63, 3.8) is 0 Å². The van der Waals surface area contributed by atoms with E-state index in [0.717, 1.165) is 18.2 Å². The molecule has 2 aromatic carbocycles. The number of alkyl halides is 3. The summed E-state index contributed by atoms with van der Waals surface area (Å²) in [6.45, 7) is 1.98. The number of hydrogen-bond donors (Lipinski definition) is 1. The Labute approximate surface area is 174 Å². The molecule has 0 fully saturated rings. The Morgan fingerprint density at radius 1 is 1.16 bits per heavy atom. The Kier molecular flexibility index (Phi) is 5.00. The van der Waals surface area contributed by atoms with E-state index in [4.69, 9.17) is 0 Å². The van der Waals surface area contributed by atoms with E-state index in [9.17, 15) is 27.2 Å². The average Bonchev–Trinajstić information content (AvgIpc) is 3.14. The third-order valence-electron chi connectivity index (χ3n) is 4.95. The van der Waals surface area contributed by atoms with Crippen molar-refractivity contribution in [3.8, 4) is 0 Å². The second-order valence-electron chi connectivity index (χ2n) is 7.13. The number of halogens is 4. The highest BCUT2D eigenvalue weighted by atomic mass is 19.4. The van der Waals surface area contributed by atoms with Crippen LogP contribution in [-0.4, -0.2) is 28.1 Å². The molecular weight excluding hydrogens is 416 g/mol. The lowest BCUT2D eigenvalue weighted by Crippen LogP contribution is -2.43. The largest absolute Gasteiger partial charge is 0.416 e. The summed E-state index contributed by atoms with van der Waals surface area (Å²) in [4.78, 5) is 26.9. The van der Waals surface area contributed by atoms with Gasteiger partial charge in [0.2, 0.25) is 0 Å². The van der Waals surface area contributed by atoms with Crippen molar-refractivity contribution < 1.29 is 27.2 Å². The summed E-state index contributed by atoms with van der Waals surface area (Å²) < 4.78 is 53.4. The maximum Gasteiger partial charge on any atom is 0.416 e. The number of nitrogens with one attached hydrogen (secondary N) is 1. The SMILES string of the molecule is C[C@H]1CN(c2ccc(C(F)(F)F)cc2)C(=O)c2c(NC(=O)c3cccc(F)c3)cnn21. The molecule has 0 spiro atoms. The summed E-state index contributed by atoms with van der Waals surface area (Å²) in [7, 11) is 0. The van der Waals surface area contributed by atoms with Crippen molar-refractivity contribution in [2.24, 2.45) is 0 Å². The minimum Gasteiger partial charge on any atom is -0.319 e. The van der Waals surface area contributed by atoms with E-state index in [-0.39, 0.29) is 29.5 Å². The van der Waals surface area contributed by atoms with Gasteiger partial charge in [0.1, 0.15) is 5.82 Å². The van der Waals surface area contributed by atoms with E-state index in [2.05, 4.69) is 10.4 Å². The molecule has 0 aliphatic carbocycles. The van der Waals surface area contributed by atoms with Crippen LogP contribution in [0.1, 0.15) is 39.4 Å². The van der Waals surface area contributed by atoms with Gasteiger partial charge in [0, 0.05) is 17.8 Å². The van der Waals surface area contributed by atoms with E-state index in [1.54, 1.807) is 6.92 Å². The first-order valence-corrected chi connectivity index (χ1v) is 9.28. The van der Waals surface area contributed by atoms with Gasteiger partial charge in [-0.05, 0) is 49.4 Å². The molecule has 2 amide bonds. The Balaban J connectivity index is 1.63. The van der Waals surface area contributed by atoms with E-state index in [1.165, 1.54) is 46.1 Å². The fourth-order valence-electron chi connectivity index (χ4n) is 3.43. The lowest BCUT2D eigenvalue weighted by Gasteiger charge is -2.32. The predicted octanol–water partition coefficient (Wildman–Crippen LogP) is 4.51. The number of nitrogens with zero attached hydrogens (tertiary/aromatic N) is 3. The van der Waals surface area contributed by atoms with E-state index >= 15 is 0 Å². The summed E-state index contributed by atoms with van der Waals surface area (Å²) >= 11 is 0. The second-order valence-corrected chi connectivity index (χ2v) is 7.13. The minimum atomic E-state index is -4.48. The van der Waals surface area contributed by atoms with Gasteiger partial charge in [-0.2, -0.15) is 18.3 Å². The number of amides is 2. The molecule has 1 aliphatic rings. The zero-order chi connectivity index (χ0) is 22.3. The number of benzene rings is 2. The molecule has 160 valence electrons. The third kappa shape index (κ3) is 3.88. The fourth-order valence-corrected chi connectivity index (χ4v) is 3.43. The summed E-state index contributed by atoms with van der Waals surface area (Å²) in [5.74, 6) is -1.73. The highest BCUT2D eigenvalue weighted by Crippen LogP contribution is 2.33. The lowest BCUT2D eigenvalue weighted by molar-refractivity contribution is -0.137. The Morgan fingerprint density at radius 3 is 2.52 bits per heavy atom. The number of carbonyl (C=O) groups is 2. The van der Waals surface area contributed by atoms with Crippen LogP contribution in [0.25, 0.3) is 0 Å². The van der Waals surface area contributed by atoms with Gasteiger partial charge in [-0.3, -0.25) is 14.3 Å². The Hall–Kier alpha value is -3.69. The molecule has 3 aromatic rings. The zero-order valence-corrected chi connectivity index (χ0v) is 16.2. The molecule has 10 heteroatoms. The molecule has 0 saturated carbocycles. The van der Waals surface area contributed by atoms with Crippen molar-refractivity contribution in [2.75, 3.05) is 16.8 Å². The van der Waals surface area contributed by atoms with Gasteiger partial charge in [-0.1, -0.05) is 6.07 Å². The quantitative estimate of drug-likeness (QED) is 0.619. The van der Waals surface area contributed by atoms with Crippen LogP contribution in [0.2, 0.25) is 0 Å². The predicted molar refractivity (Wildman–Crippen MR) is 104 cm³/mol. The molecule has 1 aliphatic heterocycles. The van der Waals surface area contributed by atoms with Crippen LogP contribution in [0.5, 0.6) is 0 Å². The number of aromatic nitrogens is 2. The standard InChI is InChI=1S/C21H16F4N4O2/c1-12-11-28(16-7-5-14(6-8-16)21(23,24)25)20(31)18-17(10-26-29(12)18)27-19(30)13-3-2-4-15(22)9-13/h2-10,12H,11H2,1H3,(H,27,30)/t12-/m0/s1. The first kappa shape index (κ1) is 20.6. The van der Waals surface area contributed by atoms with E-state index in [1.807, 2.05) is 0 Å². The second kappa shape index (κ2) is 7.53. The van der Waals surface area contributed by atoms with Crippen molar-refractivity contribution in [3.05, 3.63) is 77.4 Å². The number of fused-ring (bicyclic) bond motifs is 1. The van der Waals surface area contributed by atoms with Gasteiger partial charge in [0.15, 0.2) is 5.69 Å². The van der Waals surface area contributed by atoms with Crippen LogP contribution < -0.4 is 10.2 Å². The Morgan fingerprint density at radius 2 is 1.87 bits per heavy atom. The summed E-state index contributed by atoms with van der Waals surface area (Å²) in [6.07, 6.45) is -3.16. The molecule has 4 rings (SSSR count). The van der Waals surface area contributed by atoms with Crippen molar-refractivity contribution in [2.45, 2.75) is 19.1 Å². The normalized spacial score (nSPS) is 16.2. The molecule has 2 heterocycles. The molecule has 0 bridgehead atoms. The van der Waals surface area contributed by atoms with Crippen LogP contribution in [0.15, 0.2) is 54.7 Å². The zero-order valence-electron chi connectivity index (χ0n) is 16.2. The first-order chi connectivity index (χ1) is 14.6. The van der Waals surface area contributed by atoms with Gasteiger partial charge in [-0.15, -0.1) is 0 Å². The molecular formula is C21H16F4N4O2. The Bertz CT molecular complexity index is 1150. The van der Waals surface area contributed by atoms with Gasteiger partial charge >= 0.3 is 6.18 Å². The summed E-state index contributed by atoms with van der Waals surface area (Å²) in [5, 5.41) is 6.72. The van der Waals surface area contributed by atoms with Crippen LogP contribution >= 0.6 is 0 Å². The highest BCUT2D eigenvalue weighted by molar-refractivity contribution is 6.13. The van der Waals surface area contributed by atoms with Crippen molar-refractivity contribution in [1.82, 2.24) is 9.78 Å². The maximum absolute atomic E-state index is 13.4. The molecule has 6 nitrogen and oxygen atoms in total. The molecule has 1 atom stereocenters. The van der Waals surface area contributed by atoms with Crippen LogP contribution in [0.4, 0.5) is 28.9 Å². The van der Waals surface area contributed by atoms with Crippen LogP contribution in [0, 0.1) is 5.82 Å². The lowest BCUT2D eigenvalue weighted by atomic mass is 10.1. The molecule has 0 saturated heterocycles. The third-order valence-corrected chi connectivity index (χ3v) is 4.95. The van der Waals surface area contributed by atoms with Gasteiger partial charge < -0.3 is 10.2 Å². The van der Waals surface area contributed by atoms with Crippen molar-refractivity contribution in [1.29, 1.82) is 0 Å². The highest BCUT2D eigenvalue weighted by Gasteiger charge is 2.35. The number of hydrogen-bond acceptors (Lipinski definition) is 3. The fraction of sp³-hybridized carbons (Fsp3) is 0.190. The van der Waals surface area contributed by atoms with E-state index in [0.29, 0.717) is 5.69 Å². The van der Waals surface area contributed by atoms with Gasteiger partial charge in [0.25, 0.3) is 11.8 Å². The smallest absolute Gasteiger partial charge is 0.319 e.